The van der Waals surface area contributed by atoms with Crippen LogP contribution in [0.2, 0.25) is 0 Å². The van der Waals surface area contributed by atoms with Crippen LogP contribution in [0.4, 0.5) is 4.79 Å². The van der Waals surface area contributed by atoms with E-state index in [4.69, 9.17) is 4.74 Å². The molecule has 1 aliphatic rings. The Bertz CT molecular complexity index is 283. The van der Waals surface area contributed by atoms with Gasteiger partial charge in [-0.1, -0.05) is 19.1 Å². The molecule has 1 fully saturated rings. The van der Waals surface area contributed by atoms with Gasteiger partial charge < -0.3 is 10.1 Å². The number of carbonyl (C=O) groups excluding carboxylic acids is 1. The molecule has 0 unspecified atom stereocenters. The second-order valence-corrected chi connectivity index (χ2v) is 6.09. The minimum atomic E-state index is -0.412. The smallest absolute Gasteiger partial charge is 0.407 e. The van der Waals surface area contributed by atoms with E-state index in [1.54, 1.807) is 0 Å². The first kappa shape index (κ1) is 15.1. The van der Waals surface area contributed by atoms with Gasteiger partial charge in [0.15, 0.2) is 0 Å². The minimum absolute atomic E-state index is 0.282. The molecular weight excluding hydrogens is 226 g/mol. The molecule has 0 radical (unpaired) electrons. The van der Waals surface area contributed by atoms with E-state index >= 15 is 0 Å². The molecule has 1 aliphatic carbocycles. The van der Waals surface area contributed by atoms with E-state index in [2.05, 4.69) is 24.4 Å². The molecule has 0 aromatic heterocycles. The van der Waals surface area contributed by atoms with Gasteiger partial charge in [0, 0.05) is 6.04 Å². The van der Waals surface area contributed by atoms with Crippen LogP contribution in [0.3, 0.4) is 0 Å². The number of hydrogen-bond donors (Lipinski definition) is 1. The largest absolute Gasteiger partial charge is 0.444 e. The van der Waals surface area contributed by atoms with Gasteiger partial charge in [0.2, 0.25) is 0 Å². The van der Waals surface area contributed by atoms with Crippen molar-refractivity contribution in [2.75, 3.05) is 0 Å². The van der Waals surface area contributed by atoms with E-state index in [0.29, 0.717) is 5.92 Å². The molecule has 104 valence electrons. The molecule has 1 rings (SSSR count). The SMILES string of the molecule is CC/C=C\C1CCC(NC(=O)OC(C)(C)C)CC1. The predicted molar refractivity (Wildman–Crippen MR) is 74.5 cm³/mol. The van der Waals surface area contributed by atoms with Crippen LogP contribution in [0.1, 0.15) is 59.8 Å². The lowest BCUT2D eigenvalue weighted by atomic mass is 9.86. The minimum Gasteiger partial charge on any atom is -0.444 e. The Morgan fingerprint density at radius 2 is 1.89 bits per heavy atom. The number of alkyl carbamates (subject to hydrolysis) is 1. The molecule has 0 aromatic carbocycles. The highest BCUT2D eigenvalue weighted by Crippen LogP contribution is 2.25. The molecule has 0 heterocycles. The molecule has 1 saturated carbocycles. The summed E-state index contributed by atoms with van der Waals surface area (Å²) in [5.74, 6) is 0.696. The van der Waals surface area contributed by atoms with Crippen molar-refractivity contribution in [2.24, 2.45) is 5.92 Å². The van der Waals surface area contributed by atoms with Gasteiger partial charge in [0.1, 0.15) is 5.60 Å². The Kier molecular flexibility index (Phi) is 5.70. The zero-order valence-electron chi connectivity index (χ0n) is 12.2. The molecule has 0 bridgehead atoms. The normalized spacial score (nSPS) is 25.1. The molecule has 1 N–H and O–H groups in total. The summed E-state index contributed by atoms with van der Waals surface area (Å²) < 4.78 is 5.27. The Morgan fingerprint density at radius 1 is 1.28 bits per heavy atom. The van der Waals surface area contributed by atoms with Crippen LogP contribution < -0.4 is 5.32 Å². The second kappa shape index (κ2) is 6.81. The lowest BCUT2D eigenvalue weighted by Gasteiger charge is -2.28. The monoisotopic (exact) mass is 253 g/mol. The topological polar surface area (TPSA) is 38.3 Å². The molecule has 1 amide bonds. The van der Waals surface area contributed by atoms with Crippen molar-refractivity contribution >= 4 is 6.09 Å². The Hall–Kier alpha value is -0.990. The highest BCUT2D eigenvalue weighted by atomic mass is 16.6. The first-order valence-electron chi connectivity index (χ1n) is 7.07. The number of hydrogen-bond acceptors (Lipinski definition) is 2. The number of nitrogens with one attached hydrogen (secondary N) is 1. The predicted octanol–water partition coefficient (Wildman–Crippen LogP) is 4.04. The van der Waals surface area contributed by atoms with Crippen LogP contribution in [-0.2, 0) is 4.74 Å². The lowest BCUT2D eigenvalue weighted by molar-refractivity contribution is 0.0490. The third-order valence-corrected chi connectivity index (χ3v) is 3.14. The van der Waals surface area contributed by atoms with E-state index in [9.17, 15) is 4.79 Å². The number of ether oxygens (including phenoxy) is 1. The van der Waals surface area contributed by atoms with Gasteiger partial charge in [-0.2, -0.15) is 0 Å². The van der Waals surface area contributed by atoms with Gasteiger partial charge in [-0.3, -0.25) is 0 Å². The Balaban J connectivity index is 2.27. The van der Waals surface area contributed by atoms with Gasteiger partial charge in [-0.05, 0) is 58.8 Å². The highest BCUT2D eigenvalue weighted by Gasteiger charge is 2.23. The number of amides is 1. The highest BCUT2D eigenvalue weighted by molar-refractivity contribution is 5.68. The van der Waals surface area contributed by atoms with Crippen molar-refractivity contribution in [3.05, 3.63) is 12.2 Å². The van der Waals surface area contributed by atoms with Crippen LogP contribution in [0.15, 0.2) is 12.2 Å². The summed E-state index contributed by atoms with van der Waals surface area (Å²) >= 11 is 0. The summed E-state index contributed by atoms with van der Waals surface area (Å²) in [6, 6.07) is 0.283. The van der Waals surface area contributed by atoms with Gasteiger partial charge >= 0.3 is 6.09 Å². The average Bonchev–Trinajstić information content (AvgIpc) is 2.25. The standard InChI is InChI=1S/C15H27NO2/c1-5-6-7-12-8-10-13(11-9-12)16-14(17)18-15(2,3)4/h6-7,12-13H,5,8-11H2,1-4H3,(H,16,17)/b7-6-. The van der Waals surface area contributed by atoms with Crippen LogP contribution in [0, 0.1) is 5.92 Å². The summed E-state index contributed by atoms with van der Waals surface area (Å²) in [4.78, 5) is 11.6. The first-order chi connectivity index (χ1) is 8.40. The van der Waals surface area contributed by atoms with Crippen LogP contribution in [0.5, 0.6) is 0 Å². The molecule has 0 aromatic rings. The van der Waals surface area contributed by atoms with Gasteiger partial charge in [-0.15, -0.1) is 0 Å². The third kappa shape index (κ3) is 6.08. The third-order valence-electron chi connectivity index (χ3n) is 3.14. The molecule has 0 spiro atoms. The maximum atomic E-state index is 11.6. The summed E-state index contributed by atoms with van der Waals surface area (Å²) in [6.07, 6.45) is 9.82. The fourth-order valence-electron chi connectivity index (χ4n) is 2.26. The molecule has 0 aliphatic heterocycles. The summed E-state index contributed by atoms with van der Waals surface area (Å²) in [7, 11) is 0. The van der Waals surface area contributed by atoms with Crippen molar-refractivity contribution in [2.45, 2.75) is 71.4 Å². The molecule has 3 heteroatoms. The number of allylic oxidation sites excluding steroid dienone is 2. The van der Waals surface area contributed by atoms with E-state index in [1.165, 1.54) is 0 Å². The van der Waals surface area contributed by atoms with Crippen LogP contribution >= 0.6 is 0 Å². The van der Waals surface area contributed by atoms with Crippen molar-refractivity contribution in [1.29, 1.82) is 0 Å². The maximum absolute atomic E-state index is 11.6. The quantitative estimate of drug-likeness (QED) is 0.771. The molecule has 0 saturated heterocycles. The maximum Gasteiger partial charge on any atom is 0.407 e. The molecule has 0 atom stereocenters. The summed E-state index contributed by atoms with van der Waals surface area (Å²) in [6.45, 7) is 7.82. The van der Waals surface area contributed by atoms with Crippen molar-refractivity contribution < 1.29 is 9.53 Å². The molecular formula is C15H27NO2. The van der Waals surface area contributed by atoms with Crippen LogP contribution in [-0.4, -0.2) is 17.7 Å². The summed E-state index contributed by atoms with van der Waals surface area (Å²) in [5, 5.41) is 2.97. The Morgan fingerprint density at radius 3 is 2.39 bits per heavy atom. The average molecular weight is 253 g/mol. The number of carbonyl (C=O) groups is 1. The fraction of sp³-hybridized carbons (Fsp3) is 0.800. The van der Waals surface area contributed by atoms with E-state index in [1.807, 2.05) is 20.8 Å². The van der Waals surface area contributed by atoms with Crippen molar-refractivity contribution in [1.82, 2.24) is 5.32 Å². The Labute approximate surface area is 111 Å². The molecule has 3 nitrogen and oxygen atoms in total. The van der Waals surface area contributed by atoms with Gasteiger partial charge in [0.25, 0.3) is 0 Å². The molecule has 18 heavy (non-hydrogen) atoms. The second-order valence-electron chi connectivity index (χ2n) is 6.09. The van der Waals surface area contributed by atoms with Gasteiger partial charge in [-0.25, -0.2) is 4.79 Å². The first-order valence-corrected chi connectivity index (χ1v) is 7.07. The zero-order chi connectivity index (χ0) is 13.6. The fourth-order valence-corrected chi connectivity index (χ4v) is 2.26. The zero-order valence-corrected chi connectivity index (χ0v) is 12.2. The van der Waals surface area contributed by atoms with E-state index in [-0.39, 0.29) is 12.1 Å². The van der Waals surface area contributed by atoms with E-state index in [0.717, 1.165) is 32.1 Å². The van der Waals surface area contributed by atoms with E-state index < -0.39 is 5.60 Å². The van der Waals surface area contributed by atoms with Crippen molar-refractivity contribution in [3.63, 3.8) is 0 Å². The lowest BCUT2D eigenvalue weighted by Crippen LogP contribution is -2.40. The van der Waals surface area contributed by atoms with Gasteiger partial charge in [0.05, 0.1) is 0 Å². The van der Waals surface area contributed by atoms with Crippen molar-refractivity contribution in [3.8, 4) is 0 Å². The number of rotatable bonds is 3. The van der Waals surface area contributed by atoms with Crippen LogP contribution in [0.25, 0.3) is 0 Å². The summed E-state index contributed by atoms with van der Waals surface area (Å²) in [5.41, 5.74) is -0.412.